The summed E-state index contributed by atoms with van der Waals surface area (Å²) in [5.41, 5.74) is 2.19. The lowest BCUT2D eigenvalue weighted by molar-refractivity contribution is -0.340. The molecular formula is C15H19NO4. The van der Waals surface area contributed by atoms with Crippen molar-refractivity contribution in [3.63, 3.8) is 0 Å². The van der Waals surface area contributed by atoms with Crippen LogP contribution in [-0.4, -0.2) is 33.3 Å². The van der Waals surface area contributed by atoms with E-state index in [-0.39, 0.29) is 0 Å². The summed E-state index contributed by atoms with van der Waals surface area (Å²) in [7, 11) is 2.97. The van der Waals surface area contributed by atoms with Gasteiger partial charge in [0.2, 0.25) is 0 Å². The molecule has 0 aromatic heterocycles. The van der Waals surface area contributed by atoms with E-state index in [1.54, 1.807) is 6.07 Å². The van der Waals surface area contributed by atoms with E-state index in [0.29, 0.717) is 11.1 Å². The number of carbonyl (C=O) groups is 1. The van der Waals surface area contributed by atoms with Gasteiger partial charge in [0.1, 0.15) is 0 Å². The Balaban J connectivity index is 2.11. The average Bonchev–Trinajstić information content (AvgIpc) is 2.82. The molecule has 0 amide bonds. The molecule has 0 saturated carbocycles. The van der Waals surface area contributed by atoms with Gasteiger partial charge in [0.25, 0.3) is 0 Å². The fourth-order valence-corrected chi connectivity index (χ4v) is 3.03. The number of anilines is 1. The maximum atomic E-state index is 12.0. The largest absolute Gasteiger partial charge is 0.400 e. The van der Waals surface area contributed by atoms with E-state index in [1.807, 2.05) is 12.1 Å². The molecule has 0 radical (unpaired) electrons. The molecule has 0 bridgehead atoms. The smallest absolute Gasteiger partial charge is 0.361 e. The summed E-state index contributed by atoms with van der Waals surface area (Å²) in [4.78, 5) is 14.3. The number of cyclic esters (lactones) is 1. The molecule has 1 aromatic carbocycles. The van der Waals surface area contributed by atoms with Crippen molar-refractivity contribution >= 4 is 11.7 Å². The van der Waals surface area contributed by atoms with Crippen molar-refractivity contribution < 1.29 is 19.0 Å². The molecule has 0 spiro atoms. The highest BCUT2D eigenvalue weighted by molar-refractivity contribution is 5.96. The van der Waals surface area contributed by atoms with Crippen LogP contribution in [0.25, 0.3) is 0 Å². The number of methoxy groups -OCH3 is 2. The van der Waals surface area contributed by atoms with Crippen LogP contribution < -0.4 is 4.90 Å². The maximum Gasteiger partial charge on any atom is 0.361 e. The van der Waals surface area contributed by atoms with E-state index >= 15 is 0 Å². The van der Waals surface area contributed by atoms with E-state index < -0.39 is 11.9 Å². The van der Waals surface area contributed by atoms with E-state index in [9.17, 15) is 4.79 Å². The summed E-state index contributed by atoms with van der Waals surface area (Å²) in [6.07, 6.45) is 3.57. The number of hydrogen-bond acceptors (Lipinski definition) is 5. The van der Waals surface area contributed by atoms with Crippen molar-refractivity contribution in [3.05, 3.63) is 29.3 Å². The van der Waals surface area contributed by atoms with Crippen LogP contribution in [0.5, 0.6) is 0 Å². The normalized spacial score (nSPS) is 20.7. The molecular weight excluding hydrogens is 258 g/mol. The first-order chi connectivity index (χ1) is 9.72. The fourth-order valence-electron chi connectivity index (χ4n) is 3.03. The summed E-state index contributed by atoms with van der Waals surface area (Å²) in [6, 6.07) is 5.63. The van der Waals surface area contributed by atoms with Crippen molar-refractivity contribution in [2.45, 2.75) is 25.2 Å². The molecule has 1 fully saturated rings. The zero-order valence-electron chi connectivity index (χ0n) is 11.8. The van der Waals surface area contributed by atoms with Crippen LogP contribution in [0.15, 0.2) is 18.2 Å². The van der Waals surface area contributed by atoms with Crippen LogP contribution in [-0.2, 0) is 20.2 Å². The first-order valence-corrected chi connectivity index (χ1v) is 6.94. The van der Waals surface area contributed by atoms with Crippen LogP contribution in [0.3, 0.4) is 0 Å². The highest BCUT2D eigenvalue weighted by Crippen LogP contribution is 2.43. The second kappa shape index (κ2) is 5.07. The number of ether oxygens (including phenoxy) is 3. The number of rotatable bonds is 3. The van der Waals surface area contributed by atoms with Crippen LogP contribution in [0.2, 0.25) is 0 Å². The van der Waals surface area contributed by atoms with E-state index in [2.05, 4.69) is 4.90 Å². The monoisotopic (exact) mass is 277 g/mol. The molecule has 20 heavy (non-hydrogen) atoms. The van der Waals surface area contributed by atoms with Gasteiger partial charge in [-0.2, -0.15) is 0 Å². The summed E-state index contributed by atoms with van der Waals surface area (Å²) in [5, 5.41) is 0. The first-order valence-electron chi connectivity index (χ1n) is 6.94. The number of nitrogens with zero attached hydrogens (tertiary/aromatic N) is 1. The van der Waals surface area contributed by atoms with Gasteiger partial charge in [0, 0.05) is 27.3 Å². The molecule has 2 heterocycles. The Morgan fingerprint density at radius 1 is 1.15 bits per heavy atom. The third-order valence-electron chi connectivity index (χ3n) is 4.03. The number of piperidine rings is 1. The van der Waals surface area contributed by atoms with Crippen molar-refractivity contribution in [1.29, 1.82) is 0 Å². The Kier molecular flexibility index (Phi) is 3.40. The molecule has 0 N–H and O–H groups in total. The topological polar surface area (TPSA) is 48.0 Å². The number of esters is 1. The van der Waals surface area contributed by atoms with Crippen molar-refractivity contribution in [1.82, 2.24) is 0 Å². The standard InChI is InChI=1S/C15H19NO4/c1-18-15(19-2)13-11(14(17)20-15)7-6-8-12(13)16-9-4-3-5-10-16/h6-8H,3-5,9-10H2,1-2H3. The lowest BCUT2D eigenvalue weighted by atomic mass is 10.0. The molecule has 5 nitrogen and oxygen atoms in total. The van der Waals surface area contributed by atoms with Gasteiger partial charge in [-0.25, -0.2) is 4.79 Å². The SMILES string of the molecule is COC1(OC)OC(=O)c2cccc(N3CCCCC3)c21. The molecule has 2 aliphatic rings. The van der Waals surface area contributed by atoms with E-state index in [1.165, 1.54) is 20.6 Å². The van der Waals surface area contributed by atoms with Gasteiger partial charge in [0.15, 0.2) is 0 Å². The maximum absolute atomic E-state index is 12.0. The molecule has 0 unspecified atom stereocenters. The van der Waals surface area contributed by atoms with Gasteiger partial charge in [0.05, 0.1) is 16.8 Å². The highest BCUT2D eigenvalue weighted by Gasteiger charge is 2.49. The second-order valence-electron chi connectivity index (χ2n) is 5.10. The Hall–Kier alpha value is -1.59. The van der Waals surface area contributed by atoms with Gasteiger partial charge in [-0.3, -0.25) is 0 Å². The summed E-state index contributed by atoms with van der Waals surface area (Å²) in [6.45, 7) is 1.96. The fraction of sp³-hybridized carbons (Fsp3) is 0.533. The predicted octanol–water partition coefficient (Wildman–Crippen LogP) is 2.25. The minimum Gasteiger partial charge on any atom is -0.400 e. The molecule has 5 heteroatoms. The van der Waals surface area contributed by atoms with Gasteiger partial charge >= 0.3 is 11.9 Å². The molecule has 1 saturated heterocycles. The Morgan fingerprint density at radius 3 is 2.50 bits per heavy atom. The highest BCUT2D eigenvalue weighted by atomic mass is 16.9. The molecule has 0 aliphatic carbocycles. The first kappa shape index (κ1) is 13.4. The van der Waals surface area contributed by atoms with Crippen LogP contribution in [0.4, 0.5) is 5.69 Å². The Morgan fingerprint density at radius 2 is 1.85 bits per heavy atom. The Bertz CT molecular complexity index is 519. The summed E-state index contributed by atoms with van der Waals surface area (Å²) >= 11 is 0. The minimum atomic E-state index is -1.42. The van der Waals surface area contributed by atoms with Crippen LogP contribution in [0.1, 0.15) is 35.2 Å². The third kappa shape index (κ3) is 1.89. The molecule has 2 aliphatic heterocycles. The van der Waals surface area contributed by atoms with Crippen LogP contribution >= 0.6 is 0 Å². The Labute approximate surface area is 118 Å². The summed E-state index contributed by atoms with van der Waals surface area (Å²) in [5.74, 6) is -1.82. The van der Waals surface area contributed by atoms with E-state index in [0.717, 1.165) is 31.6 Å². The zero-order valence-corrected chi connectivity index (χ0v) is 11.8. The average molecular weight is 277 g/mol. The lowest BCUT2D eigenvalue weighted by Crippen LogP contribution is -2.35. The number of benzene rings is 1. The summed E-state index contributed by atoms with van der Waals surface area (Å²) < 4.78 is 16.1. The quantitative estimate of drug-likeness (QED) is 0.626. The van der Waals surface area contributed by atoms with Crippen LogP contribution in [0, 0.1) is 0 Å². The van der Waals surface area contributed by atoms with Gasteiger partial charge in [-0.1, -0.05) is 6.07 Å². The van der Waals surface area contributed by atoms with Gasteiger partial charge in [-0.05, 0) is 31.4 Å². The third-order valence-corrected chi connectivity index (χ3v) is 4.03. The number of carbonyl (C=O) groups excluding carboxylic acids is 1. The van der Waals surface area contributed by atoms with Gasteiger partial charge in [-0.15, -0.1) is 0 Å². The molecule has 3 rings (SSSR count). The molecule has 108 valence electrons. The van der Waals surface area contributed by atoms with Crippen molar-refractivity contribution in [3.8, 4) is 0 Å². The minimum absolute atomic E-state index is 0.400. The second-order valence-corrected chi connectivity index (χ2v) is 5.10. The van der Waals surface area contributed by atoms with Crippen molar-refractivity contribution in [2.75, 3.05) is 32.2 Å². The number of hydrogen-bond donors (Lipinski definition) is 0. The molecule has 0 atom stereocenters. The van der Waals surface area contributed by atoms with E-state index in [4.69, 9.17) is 14.2 Å². The number of fused-ring (bicyclic) bond motifs is 1. The zero-order chi connectivity index (χ0) is 14.2. The predicted molar refractivity (Wildman–Crippen MR) is 73.6 cm³/mol. The lowest BCUT2D eigenvalue weighted by Gasteiger charge is -2.33. The van der Waals surface area contributed by atoms with Crippen molar-refractivity contribution in [2.24, 2.45) is 0 Å². The van der Waals surface area contributed by atoms with Gasteiger partial charge < -0.3 is 19.1 Å². The molecule has 1 aromatic rings.